The minimum Gasteiger partial charge on any atom is -0.497 e. The maximum absolute atomic E-state index is 12.8. The van der Waals surface area contributed by atoms with E-state index in [0.717, 1.165) is 44.2 Å². The van der Waals surface area contributed by atoms with Gasteiger partial charge >= 0.3 is 0 Å². The zero-order valence-corrected chi connectivity index (χ0v) is 16.9. The van der Waals surface area contributed by atoms with Crippen molar-refractivity contribution in [1.29, 1.82) is 0 Å². The van der Waals surface area contributed by atoms with Crippen molar-refractivity contribution in [2.45, 2.75) is 19.5 Å². The van der Waals surface area contributed by atoms with E-state index in [1.165, 1.54) is 5.56 Å². The van der Waals surface area contributed by atoms with Gasteiger partial charge < -0.3 is 14.6 Å². The Morgan fingerprint density at radius 1 is 1.07 bits per heavy atom. The van der Waals surface area contributed by atoms with E-state index < -0.39 is 0 Å². The lowest BCUT2D eigenvalue weighted by Gasteiger charge is -2.25. The van der Waals surface area contributed by atoms with Crippen LogP contribution in [0.4, 0.5) is 5.69 Å². The second-order valence-electron chi connectivity index (χ2n) is 8.01. The van der Waals surface area contributed by atoms with Crippen LogP contribution >= 0.6 is 0 Å². The first-order chi connectivity index (χ1) is 14.7. The molecule has 0 unspecified atom stereocenters. The molecular weight excluding hydrogens is 380 g/mol. The standard InChI is InChI=1S/C22H24N6O2/c1-30-19-4-2-18(3-5-19)24-22(29)21-26-25-20-10-16-12-27(13-17(16)14-28(20)21)11-15-6-8-23-9-7-15/h2-9,16-17H,10-14H2,1H3,(H,24,29)/t16-,17+/m0/s1. The van der Waals surface area contributed by atoms with Crippen LogP contribution < -0.4 is 10.1 Å². The summed E-state index contributed by atoms with van der Waals surface area (Å²) in [4.78, 5) is 19.4. The fourth-order valence-corrected chi connectivity index (χ4v) is 4.53. The maximum Gasteiger partial charge on any atom is 0.293 e. The predicted molar refractivity (Wildman–Crippen MR) is 111 cm³/mol. The number of fused-ring (bicyclic) bond motifs is 2. The summed E-state index contributed by atoms with van der Waals surface area (Å²) in [5.41, 5.74) is 1.99. The van der Waals surface area contributed by atoms with Gasteiger partial charge in [-0.15, -0.1) is 10.2 Å². The average molecular weight is 404 g/mol. The van der Waals surface area contributed by atoms with Crippen molar-refractivity contribution in [3.8, 4) is 5.75 Å². The zero-order valence-electron chi connectivity index (χ0n) is 16.9. The Labute approximate surface area is 174 Å². The Morgan fingerprint density at radius 2 is 1.83 bits per heavy atom. The quantitative estimate of drug-likeness (QED) is 0.702. The highest BCUT2D eigenvalue weighted by Gasteiger charge is 2.39. The average Bonchev–Trinajstić information content (AvgIpc) is 3.35. The molecule has 0 spiro atoms. The Balaban J connectivity index is 1.26. The van der Waals surface area contributed by atoms with E-state index in [-0.39, 0.29) is 5.91 Å². The van der Waals surface area contributed by atoms with Crippen LogP contribution in [0.2, 0.25) is 0 Å². The molecule has 2 atom stereocenters. The largest absolute Gasteiger partial charge is 0.497 e. The molecule has 1 saturated heterocycles. The summed E-state index contributed by atoms with van der Waals surface area (Å²) in [5, 5.41) is 11.4. The molecule has 8 nitrogen and oxygen atoms in total. The molecule has 3 aromatic rings. The third-order valence-corrected chi connectivity index (χ3v) is 6.05. The molecular formula is C22H24N6O2. The molecule has 2 aromatic heterocycles. The number of anilines is 1. The number of amides is 1. The minimum atomic E-state index is -0.232. The molecule has 0 saturated carbocycles. The number of pyridine rings is 1. The van der Waals surface area contributed by atoms with Gasteiger partial charge in [0.05, 0.1) is 7.11 Å². The number of nitrogens with zero attached hydrogens (tertiary/aromatic N) is 5. The number of methoxy groups -OCH3 is 1. The molecule has 8 heteroatoms. The first-order valence-corrected chi connectivity index (χ1v) is 10.2. The molecule has 1 amide bonds. The number of carbonyl (C=O) groups excluding carboxylic acids is 1. The molecule has 30 heavy (non-hydrogen) atoms. The van der Waals surface area contributed by atoms with Crippen molar-refractivity contribution < 1.29 is 9.53 Å². The van der Waals surface area contributed by atoms with Gasteiger partial charge in [0.15, 0.2) is 0 Å². The zero-order chi connectivity index (χ0) is 20.5. The summed E-state index contributed by atoms with van der Waals surface area (Å²) in [7, 11) is 1.62. The first-order valence-electron chi connectivity index (χ1n) is 10.2. The lowest BCUT2D eigenvalue weighted by atomic mass is 9.89. The van der Waals surface area contributed by atoms with Gasteiger partial charge in [-0.2, -0.15) is 0 Å². The summed E-state index contributed by atoms with van der Waals surface area (Å²) in [6, 6.07) is 11.4. The van der Waals surface area contributed by atoms with Gasteiger partial charge in [-0.3, -0.25) is 14.7 Å². The third-order valence-electron chi connectivity index (χ3n) is 6.05. The number of rotatable bonds is 5. The summed E-state index contributed by atoms with van der Waals surface area (Å²) >= 11 is 0. The molecule has 4 heterocycles. The number of carbonyl (C=O) groups is 1. The lowest BCUT2D eigenvalue weighted by Crippen LogP contribution is -2.31. The predicted octanol–water partition coefficient (Wildman–Crippen LogP) is 2.24. The van der Waals surface area contributed by atoms with Crippen molar-refractivity contribution >= 4 is 11.6 Å². The Morgan fingerprint density at radius 3 is 2.60 bits per heavy atom. The highest BCUT2D eigenvalue weighted by molar-refractivity contribution is 6.01. The molecule has 1 aromatic carbocycles. The van der Waals surface area contributed by atoms with Crippen LogP contribution in [0.1, 0.15) is 22.0 Å². The fourth-order valence-electron chi connectivity index (χ4n) is 4.53. The van der Waals surface area contributed by atoms with Gasteiger partial charge in [0.25, 0.3) is 5.91 Å². The Kier molecular flexibility index (Phi) is 4.92. The maximum atomic E-state index is 12.8. The molecule has 1 N–H and O–H groups in total. The second-order valence-corrected chi connectivity index (χ2v) is 8.01. The first kappa shape index (κ1) is 18.7. The Bertz CT molecular complexity index is 1030. The van der Waals surface area contributed by atoms with E-state index in [9.17, 15) is 4.79 Å². The van der Waals surface area contributed by atoms with Crippen LogP contribution in [0.15, 0.2) is 48.8 Å². The normalized spacial score (nSPS) is 20.4. The molecule has 0 bridgehead atoms. The lowest BCUT2D eigenvalue weighted by molar-refractivity contribution is 0.100. The van der Waals surface area contributed by atoms with Gasteiger partial charge in [0.2, 0.25) is 5.82 Å². The van der Waals surface area contributed by atoms with Gasteiger partial charge in [-0.25, -0.2) is 0 Å². The summed E-state index contributed by atoms with van der Waals surface area (Å²) in [6.07, 6.45) is 4.54. The molecule has 154 valence electrons. The van der Waals surface area contributed by atoms with Crippen LogP contribution in [-0.2, 0) is 19.5 Å². The van der Waals surface area contributed by atoms with Crippen molar-refractivity contribution in [1.82, 2.24) is 24.6 Å². The molecule has 1 fully saturated rings. The van der Waals surface area contributed by atoms with Crippen LogP contribution in [0.3, 0.4) is 0 Å². The third kappa shape index (κ3) is 3.66. The molecule has 0 aliphatic carbocycles. The SMILES string of the molecule is COc1ccc(NC(=O)c2nnc3n2C[C@H]2CN(Cc4ccncc4)C[C@@H]2C3)cc1. The van der Waals surface area contributed by atoms with Crippen LogP contribution in [-0.4, -0.2) is 50.8 Å². The number of nitrogens with one attached hydrogen (secondary N) is 1. The van der Waals surface area contributed by atoms with E-state index in [1.807, 2.05) is 41.2 Å². The number of benzene rings is 1. The van der Waals surface area contributed by atoms with E-state index in [4.69, 9.17) is 4.74 Å². The van der Waals surface area contributed by atoms with Crippen LogP contribution in [0.5, 0.6) is 5.75 Å². The van der Waals surface area contributed by atoms with Crippen molar-refractivity contribution in [2.75, 3.05) is 25.5 Å². The smallest absolute Gasteiger partial charge is 0.293 e. The fraction of sp³-hybridized carbons (Fsp3) is 0.364. The van der Waals surface area contributed by atoms with Crippen molar-refractivity contribution in [2.24, 2.45) is 11.8 Å². The summed E-state index contributed by atoms with van der Waals surface area (Å²) in [5.74, 6) is 2.86. The molecule has 2 aliphatic rings. The minimum absolute atomic E-state index is 0.232. The highest BCUT2D eigenvalue weighted by atomic mass is 16.5. The summed E-state index contributed by atoms with van der Waals surface area (Å²) in [6.45, 7) is 3.78. The highest BCUT2D eigenvalue weighted by Crippen LogP contribution is 2.33. The topological polar surface area (TPSA) is 85.2 Å². The van der Waals surface area contributed by atoms with E-state index in [1.54, 1.807) is 7.11 Å². The molecule has 2 aliphatic heterocycles. The number of hydrogen-bond acceptors (Lipinski definition) is 6. The number of hydrogen-bond donors (Lipinski definition) is 1. The second kappa shape index (κ2) is 7.87. The monoisotopic (exact) mass is 404 g/mol. The van der Waals surface area contributed by atoms with E-state index in [2.05, 4.69) is 37.5 Å². The van der Waals surface area contributed by atoms with Gasteiger partial charge in [-0.1, -0.05) is 0 Å². The molecule has 0 radical (unpaired) electrons. The van der Waals surface area contributed by atoms with Crippen molar-refractivity contribution in [3.05, 3.63) is 66.0 Å². The van der Waals surface area contributed by atoms with Gasteiger partial charge in [0, 0.05) is 50.7 Å². The number of aromatic nitrogens is 4. The summed E-state index contributed by atoms with van der Waals surface area (Å²) < 4.78 is 7.16. The van der Waals surface area contributed by atoms with Crippen LogP contribution in [0, 0.1) is 11.8 Å². The van der Waals surface area contributed by atoms with E-state index in [0.29, 0.717) is 23.3 Å². The number of ether oxygens (including phenoxy) is 1. The van der Waals surface area contributed by atoms with Crippen molar-refractivity contribution in [3.63, 3.8) is 0 Å². The number of likely N-dealkylation sites (tertiary alicyclic amines) is 1. The molecule has 5 rings (SSSR count). The van der Waals surface area contributed by atoms with Gasteiger partial charge in [0.1, 0.15) is 11.6 Å². The van der Waals surface area contributed by atoms with E-state index >= 15 is 0 Å². The van der Waals surface area contributed by atoms with Crippen LogP contribution in [0.25, 0.3) is 0 Å². The Hall–Kier alpha value is -3.26. The van der Waals surface area contributed by atoms with Gasteiger partial charge in [-0.05, 0) is 53.8 Å².